The van der Waals surface area contributed by atoms with Gasteiger partial charge in [0.1, 0.15) is 6.04 Å². The summed E-state index contributed by atoms with van der Waals surface area (Å²) in [4.78, 5) is 25.8. The van der Waals surface area contributed by atoms with Crippen LogP contribution in [0, 0.1) is 5.92 Å². The van der Waals surface area contributed by atoms with Crippen LogP contribution < -0.4 is 5.32 Å². The molecule has 2 unspecified atom stereocenters. The van der Waals surface area contributed by atoms with E-state index in [0.29, 0.717) is 5.92 Å². The minimum atomic E-state index is -0.234. The molecule has 0 spiro atoms. The fourth-order valence-corrected chi connectivity index (χ4v) is 2.81. The van der Waals surface area contributed by atoms with Gasteiger partial charge in [-0.15, -0.1) is 0 Å². The highest BCUT2D eigenvalue weighted by Crippen LogP contribution is 2.35. The molecule has 1 N–H and O–H groups in total. The molecule has 2 amide bonds. The van der Waals surface area contributed by atoms with Gasteiger partial charge in [0.2, 0.25) is 11.8 Å². The molecule has 0 aromatic carbocycles. The normalized spacial score (nSPS) is 33.8. The summed E-state index contributed by atoms with van der Waals surface area (Å²) >= 11 is 0. The van der Waals surface area contributed by atoms with Crippen LogP contribution in [0.25, 0.3) is 0 Å². The first-order valence-electron chi connectivity index (χ1n) is 6.50. The van der Waals surface area contributed by atoms with E-state index in [9.17, 15) is 9.59 Å². The second-order valence-electron chi connectivity index (χ2n) is 5.29. The maximum atomic E-state index is 12.3. The first kappa shape index (κ1) is 10.8. The van der Waals surface area contributed by atoms with E-state index in [1.165, 1.54) is 0 Å². The number of piperazine rings is 1. The number of nitrogens with zero attached hydrogens (tertiary/aromatic N) is 1. The highest BCUT2D eigenvalue weighted by atomic mass is 16.2. The molecule has 2 fully saturated rings. The molecule has 2 aliphatic carbocycles. The molecule has 0 bridgehead atoms. The highest BCUT2D eigenvalue weighted by Gasteiger charge is 2.44. The zero-order valence-electron chi connectivity index (χ0n) is 9.89. The van der Waals surface area contributed by atoms with Gasteiger partial charge in [-0.05, 0) is 38.0 Å². The Bertz CT molecular complexity index is 374. The van der Waals surface area contributed by atoms with Crippen molar-refractivity contribution in [3.63, 3.8) is 0 Å². The van der Waals surface area contributed by atoms with Crippen molar-refractivity contribution in [2.75, 3.05) is 6.54 Å². The van der Waals surface area contributed by atoms with Gasteiger partial charge in [0.15, 0.2) is 0 Å². The van der Waals surface area contributed by atoms with Crippen molar-refractivity contribution in [1.82, 2.24) is 10.2 Å². The van der Waals surface area contributed by atoms with Crippen LogP contribution in [0.4, 0.5) is 0 Å². The quantitative estimate of drug-likeness (QED) is 0.720. The zero-order chi connectivity index (χ0) is 11.8. The zero-order valence-corrected chi connectivity index (χ0v) is 9.89. The second kappa shape index (κ2) is 4.17. The minimum Gasteiger partial charge on any atom is -0.342 e. The summed E-state index contributed by atoms with van der Waals surface area (Å²) in [6.45, 7) is 0.251. The van der Waals surface area contributed by atoms with E-state index in [-0.39, 0.29) is 30.4 Å². The summed E-state index contributed by atoms with van der Waals surface area (Å²) in [5, 5.41) is 2.85. The molecule has 0 aromatic heterocycles. The van der Waals surface area contributed by atoms with Gasteiger partial charge in [-0.2, -0.15) is 0 Å². The van der Waals surface area contributed by atoms with Crippen molar-refractivity contribution in [2.24, 2.45) is 5.92 Å². The predicted octanol–water partition coefficient (Wildman–Crippen LogP) is 0.832. The van der Waals surface area contributed by atoms with Crippen molar-refractivity contribution in [2.45, 2.75) is 44.2 Å². The van der Waals surface area contributed by atoms with E-state index in [4.69, 9.17) is 0 Å². The lowest BCUT2D eigenvalue weighted by atomic mass is 9.97. The number of rotatable bonds is 2. The van der Waals surface area contributed by atoms with Crippen molar-refractivity contribution < 1.29 is 9.59 Å². The average molecular weight is 234 g/mol. The van der Waals surface area contributed by atoms with Gasteiger partial charge in [-0.3, -0.25) is 9.59 Å². The lowest BCUT2D eigenvalue weighted by Crippen LogP contribution is -2.61. The topological polar surface area (TPSA) is 49.4 Å². The van der Waals surface area contributed by atoms with Crippen LogP contribution in [-0.4, -0.2) is 35.3 Å². The Morgan fingerprint density at radius 2 is 2.00 bits per heavy atom. The first-order valence-corrected chi connectivity index (χ1v) is 6.50. The van der Waals surface area contributed by atoms with Crippen LogP contribution in [-0.2, 0) is 9.59 Å². The van der Waals surface area contributed by atoms with Gasteiger partial charge >= 0.3 is 0 Å². The molecule has 17 heavy (non-hydrogen) atoms. The number of hydrogen-bond acceptors (Lipinski definition) is 2. The third kappa shape index (κ3) is 2.08. The Hall–Kier alpha value is -1.32. The third-order valence-corrected chi connectivity index (χ3v) is 3.96. The van der Waals surface area contributed by atoms with Crippen LogP contribution in [0.2, 0.25) is 0 Å². The molecule has 0 aromatic rings. The summed E-state index contributed by atoms with van der Waals surface area (Å²) in [6, 6.07) is 0.00181. The minimum absolute atomic E-state index is 0.0102. The Labute approximate surface area is 101 Å². The van der Waals surface area contributed by atoms with Crippen LogP contribution in [0.1, 0.15) is 32.1 Å². The molecule has 2 atom stereocenters. The molecule has 4 heteroatoms. The van der Waals surface area contributed by atoms with Crippen molar-refractivity contribution in [3.05, 3.63) is 12.2 Å². The molecule has 1 saturated carbocycles. The van der Waals surface area contributed by atoms with E-state index in [1.54, 1.807) is 0 Å². The fraction of sp³-hybridized carbons (Fsp3) is 0.692. The van der Waals surface area contributed by atoms with Gasteiger partial charge < -0.3 is 10.2 Å². The summed E-state index contributed by atoms with van der Waals surface area (Å²) in [6.07, 6.45) is 9.35. The third-order valence-electron chi connectivity index (χ3n) is 3.96. The van der Waals surface area contributed by atoms with Crippen molar-refractivity contribution in [3.8, 4) is 0 Å². The number of amides is 2. The number of nitrogens with one attached hydrogen (secondary N) is 1. The summed E-state index contributed by atoms with van der Waals surface area (Å²) in [5.41, 5.74) is 0. The van der Waals surface area contributed by atoms with E-state index in [1.807, 2.05) is 4.90 Å². The Balaban J connectivity index is 1.75. The molecule has 92 valence electrons. The van der Waals surface area contributed by atoms with Crippen LogP contribution in [0.15, 0.2) is 12.2 Å². The van der Waals surface area contributed by atoms with Gasteiger partial charge in [0, 0.05) is 6.04 Å². The van der Waals surface area contributed by atoms with E-state index >= 15 is 0 Å². The SMILES string of the molecule is O=C1CN(C2CC=CCC2)C(=O)C(C2CC2)N1. The molecular formula is C13H18N2O2. The summed E-state index contributed by atoms with van der Waals surface area (Å²) < 4.78 is 0. The number of hydrogen-bond donors (Lipinski definition) is 1. The lowest BCUT2D eigenvalue weighted by Gasteiger charge is -2.38. The van der Waals surface area contributed by atoms with Gasteiger partial charge in [0.25, 0.3) is 0 Å². The van der Waals surface area contributed by atoms with E-state index < -0.39 is 0 Å². The van der Waals surface area contributed by atoms with Crippen LogP contribution >= 0.6 is 0 Å². The van der Waals surface area contributed by atoms with Gasteiger partial charge in [-0.1, -0.05) is 12.2 Å². The number of carbonyl (C=O) groups is 2. The standard InChI is InChI=1S/C13H18N2O2/c16-11-8-15(10-4-2-1-3-5-10)13(17)12(14-11)9-6-7-9/h1-2,9-10,12H,3-8H2,(H,14,16). The summed E-state index contributed by atoms with van der Waals surface area (Å²) in [5.74, 6) is 0.553. The highest BCUT2D eigenvalue weighted by molar-refractivity contribution is 5.95. The largest absolute Gasteiger partial charge is 0.342 e. The first-order chi connectivity index (χ1) is 8.25. The van der Waals surface area contributed by atoms with Gasteiger partial charge in [0.05, 0.1) is 6.54 Å². The van der Waals surface area contributed by atoms with Crippen LogP contribution in [0.5, 0.6) is 0 Å². The Morgan fingerprint density at radius 3 is 2.65 bits per heavy atom. The molecule has 4 nitrogen and oxygen atoms in total. The smallest absolute Gasteiger partial charge is 0.246 e. The van der Waals surface area contributed by atoms with E-state index in [2.05, 4.69) is 17.5 Å². The van der Waals surface area contributed by atoms with E-state index in [0.717, 1.165) is 32.1 Å². The Kier molecular flexibility index (Phi) is 2.65. The molecular weight excluding hydrogens is 216 g/mol. The predicted molar refractivity (Wildman–Crippen MR) is 63.1 cm³/mol. The molecule has 1 aliphatic heterocycles. The monoisotopic (exact) mass is 234 g/mol. The molecule has 1 heterocycles. The number of allylic oxidation sites excluding steroid dienone is 1. The fourth-order valence-electron chi connectivity index (χ4n) is 2.81. The molecule has 1 saturated heterocycles. The second-order valence-corrected chi connectivity index (χ2v) is 5.29. The molecule has 3 aliphatic rings. The number of carbonyl (C=O) groups excluding carboxylic acids is 2. The maximum absolute atomic E-state index is 12.3. The molecule has 3 rings (SSSR count). The average Bonchev–Trinajstić information content (AvgIpc) is 3.17. The Morgan fingerprint density at radius 1 is 1.18 bits per heavy atom. The maximum Gasteiger partial charge on any atom is 0.246 e. The molecule has 0 radical (unpaired) electrons. The van der Waals surface area contributed by atoms with Crippen LogP contribution in [0.3, 0.4) is 0 Å². The van der Waals surface area contributed by atoms with Crippen molar-refractivity contribution >= 4 is 11.8 Å². The summed E-state index contributed by atoms with van der Waals surface area (Å²) in [7, 11) is 0. The lowest BCUT2D eigenvalue weighted by molar-refractivity contribution is -0.147. The van der Waals surface area contributed by atoms with Crippen molar-refractivity contribution in [1.29, 1.82) is 0 Å². The van der Waals surface area contributed by atoms with Gasteiger partial charge in [-0.25, -0.2) is 0 Å².